The zero-order chi connectivity index (χ0) is 18.3. The van der Waals surface area contributed by atoms with Crippen molar-refractivity contribution >= 4 is 17.6 Å². The number of benzene rings is 1. The van der Waals surface area contributed by atoms with Crippen LogP contribution in [0.15, 0.2) is 18.2 Å². The van der Waals surface area contributed by atoms with Crippen molar-refractivity contribution in [3.63, 3.8) is 0 Å². The summed E-state index contributed by atoms with van der Waals surface area (Å²) >= 11 is 0. The number of methoxy groups -OCH3 is 1. The van der Waals surface area contributed by atoms with Gasteiger partial charge in [-0.15, -0.1) is 0 Å². The monoisotopic (exact) mass is 340 g/mol. The first-order valence-electron chi connectivity index (χ1n) is 7.19. The molecule has 132 valence electrons. The second-order valence-corrected chi connectivity index (χ2v) is 5.44. The third kappa shape index (κ3) is 5.75. The topological polar surface area (TPSA) is 119 Å². The molecule has 0 aliphatic carbocycles. The van der Waals surface area contributed by atoms with E-state index in [1.54, 1.807) is 0 Å². The minimum absolute atomic E-state index is 0.00882. The fraction of sp³-hybridized carbons (Fsp3) is 0.467. The second-order valence-electron chi connectivity index (χ2n) is 5.44. The molecule has 9 heteroatoms. The Morgan fingerprint density at radius 2 is 2.04 bits per heavy atom. The lowest BCUT2D eigenvalue weighted by Gasteiger charge is -2.22. The summed E-state index contributed by atoms with van der Waals surface area (Å²) in [5, 5.41) is 19.7. The number of ether oxygens (including phenoxy) is 2. The number of nitrogens with zero attached hydrogens (tertiary/aromatic N) is 2. The number of carboxylic acid groups (broad SMARTS) is 1. The van der Waals surface area contributed by atoms with Crippen LogP contribution >= 0.6 is 0 Å². The quantitative estimate of drug-likeness (QED) is 0.535. The second kappa shape index (κ2) is 8.70. The Morgan fingerprint density at radius 1 is 1.38 bits per heavy atom. The van der Waals surface area contributed by atoms with Gasteiger partial charge in [0, 0.05) is 18.7 Å². The summed E-state index contributed by atoms with van der Waals surface area (Å²) in [4.78, 5) is 34.4. The van der Waals surface area contributed by atoms with Gasteiger partial charge in [0.05, 0.1) is 12.0 Å². The number of aliphatic carboxylic acids is 1. The zero-order valence-electron chi connectivity index (χ0n) is 13.7. The van der Waals surface area contributed by atoms with Gasteiger partial charge in [-0.1, -0.05) is 13.8 Å². The molecule has 0 aromatic heterocycles. The lowest BCUT2D eigenvalue weighted by Crippen LogP contribution is -2.40. The Labute approximate surface area is 138 Å². The van der Waals surface area contributed by atoms with Crippen LogP contribution in [0.1, 0.15) is 13.8 Å². The molecule has 0 unspecified atom stereocenters. The van der Waals surface area contributed by atoms with E-state index in [4.69, 9.17) is 14.6 Å². The summed E-state index contributed by atoms with van der Waals surface area (Å²) in [5.74, 6) is -1.27. The molecule has 0 fully saturated rings. The summed E-state index contributed by atoms with van der Waals surface area (Å²) in [6, 6.07) is 3.86. The van der Waals surface area contributed by atoms with Crippen molar-refractivity contribution in [1.82, 2.24) is 4.90 Å². The highest BCUT2D eigenvalue weighted by Crippen LogP contribution is 2.30. The van der Waals surface area contributed by atoms with E-state index in [-0.39, 0.29) is 36.3 Å². The summed E-state index contributed by atoms with van der Waals surface area (Å²) in [5.41, 5.74) is -0.219. The summed E-state index contributed by atoms with van der Waals surface area (Å²) < 4.78 is 10.2. The molecule has 1 amide bonds. The molecule has 1 rings (SSSR count). The summed E-state index contributed by atoms with van der Waals surface area (Å²) in [6.45, 7) is 3.23. The molecule has 0 saturated carbocycles. The number of rotatable bonds is 9. The number of carboxylic acids is 1. The Morgan fingerprint density at radius 3 is 2.54 bits per heavy atom. The standard InChI is InChI=1S/C15H20N2O7/c1-10(2)7-16(8-15(19)20)14(18)9-24-11-4-5-12(17(21)22)13(6-11)23-3/h4-6,10H,7-9H2,1-3H3,(H,19,20). The smallest absolute Gasteiger partial charge is 0.323 e. The highest BCUT2D eigenvalue weighted by Gasteiger charge is 2.20. The molecule has 0 bridgehead atoms. The van der Waals surface area contributed by atoms with Crippen molar-refractivity contribution in [2.24, 2.45) is 5.92 Å². The van der Waals surface area contributed by atoms with E-state index in [1.807, 2.05) is 13.8 Å². The SMILES string of the molecule is COc1cc(OCC(=O)N(CC(=O)O)CC(C)C)ccc1[N+](=O)[O-]. The molecule has 0 heterocycles. The number of amides is 1. The highest BCUT2D eigenvalue weighted by atomic mass is 16.6. The van der Waals surface area contributed by atoms with Gasteiger partial charge in [0.2, 0.25) is 5.75 Å². The highest BCUT2D eigenvalue weighted by molar-refractivity contribution is 5.82. The molecule has 1 aromatic carbocycles. The van der Waals surface area contributed by atoms with E-state index in [1.165, 1.54) is 30.2 Å². The molecular formula is C15H20N2O7. The number of carbonyl (C=O) groups excluding carboxylic acids is 1. The van der Waals surface area contributed by atoms with Crippen LogP contribution in [0.2, 0.25) is 0 Å². The van der Waals surface area contributed by atoms with Gasteiger partial charge < -0.3 is 19.5 Å². The molecule has 0 aliphatic heterocycles. The van der Waals surface area contributed by atoms with Crippen LogP contribution in [0, 0.1) is 16.0 Å². The van der Waals surface area contributed by atoms with Crippen molar-refractivity contribution < 1.29 is 29.1 Å². The minimum Gasteiger partial charge on any atom is -0.490 e. The average Bonchev–Trinajstić information content (AvgIpc) is 2.50. The third-order valence-corrected chi connectivity index (χ3v) is 2.97. The van der Waals surface area contributed by atoms with Crippen LogP contribution in [0.5, 0.6) is 11.5 Å². The molecule has 0 radical (unpaired) electrons. The van der Waals surface area contributed by atoms with Crippen molar-refractivity contribution in [3.8, 4) is 11.5 Å². The number of nitro benzene ring substituents is 1. The van der Waals surface area contributed by atoms with E-state index in [9.17, 15) is 19.7 Å². The van der Waals surface area contributed by atoms with Gasteiger partial charge in [0.25, 0.3) is 5.91 Å². The van der Waals surface area contributed by atoms with Gasteiger partial charge in [-0.05, 0) is 12.0 Å². The van der Waals surface area contributed by atoms with Crippen molar-refractivity contribution in [2.75, 3.05) is 26.8 Å². The van der Waals surface area contributed by atoms with Crippen LogP contribution in [-0.4, -0.2) is 53.6 Å². The van der Waals surface area contributed by atoms with Gasteiger partial charge in [0.15, 0.2) is 6.61 Å². The van der Waals surface area contributed by atoms with Gasteiger partial charge in [-0.25, -0.2) is 0 Å². The normalized spacial score (nSPS) is 10.3. The predicted octanol–water partition coefficient (Wildman–Crippen LogP) is 1.55. The van der Waals surface area contributed by atoms with Crippen LogP contribution in [-0.2, 0) is 9.59 Å². The Balaban J connectivity index is 2.77. The largest absolute Gasteiger partial charge is 0.490 e. The Kier molecular flexibility index (Phi) is 6.97. The molecule has 0 spiro atoms. The summed E-state index contributed by atoms with van der Waals surface area (Å²) in [6.07, 6.45) is 0. The molecule has 9 nitrogen and oxygen atoms in total. The summed E-state index contributed by atoms with van der Waals surface area (Å²) in [7, 11) is 1.29. The molecule has 0 atom stereocenters. The molecule has 0 saturated heterocycles. The van der Waals surface area contributed by atoms with Crippen LogP contribution in [0.3, 0.4) is 0 Å². The van der Waals surface area contributed by atoms with Crippen molar-refractivity contribution in [1.29, 1.82) is 0 Å². The first-order valence-corrected chi connectivity index (χ1v) is 7.19. The molecule has 0 aliphatic rings. The third-order valence-electron chi connectivity index (χ3n) is 2.97. The van der Waals surface area contributed by atoms with E-state index in [0.29, 0.717) is 0 Å². The van der Waals surface area contributed by atoms with Crippen LogP contribution in [0.4, 0.5) is 5.69 Å². The first kappa shape index (κ1) is 19.2. The lowest BCUT2D eigenvalue weighted by molar-refractivity contribution is -0.385. The minimum atomic E-state index is -1.11. The van der Waals surface area contributed by atoms with Crippen molar-refractivity contribution in [3.05, 3.63) is 28.3 Å². The molecule has 24 heavy (non-hydrogen) atoms. The van der Waals surface area contributed by atoms with E-state index >= 15 is 0 Å². The van der Waals surface area contributed by atoms with Gasteiger partial charge in [0.1, 0.15) is 12.3 Å². The maximum atomic E-state index is 12.1. The molecule has 1 N–H and O–H groups in total. The lowest BCUT2D eigenvalue weighted by atomic mass is 10.2. The average molecular weight is 340 g/mol. The zero-order valence-corrected chi connectivity index (χ0v) is 13.7. The number of carbonyl (C=O) groups is 2. The van der Waals surface area contributed by atoms with Crippen LogP contribution in [0.25, 0.3) is 0 Å². The molecule has 1 aromatic rings. The van der Waals surface area contributed by atoms with E-state index < -0.39 is 23.3 Å². The fourth-order valence-corrected chi connectivity index (χ4v) is 1.99. The van der Waals surface area contributed by atoms with Gasteiger partial charge in [-0.3, -0.25) is 19.7 Å². The van der Waals surface area contributed by atoms with Gasteiger partial charge in [-0.2, -0.15) is 0 Å². The number of nitro groups is 1. The fourth-order valence-electron chi connectivity index (χ4n) is 1.99. The van der Waals surface area contributed by atoms with E-state index in [0.717, 1.165) is 0 Å². The van der Waals surface area contributed by atoms with Crippen molar-refractivity contribution in [2.45, 2.75) is 13.8 Å². The molecular weight excluding hydrogens is 320 g/mol. The van der Waals surface area contributed by atoms with E-state index in [2.05, 4.69) is 0 Å². The Bertz CT molecular complexity index is 616. The number of hydrogen-bond acceptors (Lipinski definition) is 6. The maximum absolute atomic E-state index is 12.1. The Hall–Kier alpha value is -2.84. The first-order chi connectivity index (χ1) is 11.2. The van der Waals surface area contributed by atoms with Gasteiger partial charge >= 0.3 is 11.7 Å². The van der Waals surface area contributed by atoms with Crippen LogP contribution < -0.4 is 9.47 Å². The maximum Gasteiger partial charge on any atom is 0.323 e. The number of hydrogen-bond donors (Lipinski definition) is 1. The predicted molar refractivity (Wildman–Crippen MR) is 84.2 cm³/mol.